The Kier molecular flexibility index (Phi) is 3.97. The third-order valence-electron chi connectivity index (χ3n) is 2.13. The summed E-state index contributed by atoms with van der Waals surface area (Å²) in [6, 6.07) is 9.52. The predicted molar refractivity (Wildman–Crippen MR) is 70.3 cm³/mol. The van der Waals surface area contributed by atoms with E-state index in [1.54, 1.807) is 0 Å². The molecule has 0 aliphatic carbocycles. The van der Waals surface area contributed by atoms with Gasteiger partial charge in [-0.1, -0.05) is 29.8 Å². The van der Waals surface area contributed by atoms with E-state index in [1.165, 1.54) is 0 Å². The van der Waals surface area contributed by atoms with Crippen molar-refractivity contribution in [3.8, 4) is 5.75 Å². The lowest BCUT2D eigenvalue weighted by Crippen LogP contribution is -2.03. The first-order valence-electron chi connectivity index (χ1n) is 5.03. The number of ether oxygens (including phenoxy) is 1. The maximum absolute atomic E-state index is 5.95. The highest BCUT2D eigenvalue weighted by Gasteiger charge is 2.07. The van der Waals surface area contributed by atoms with Crippen LogP contribution in [0.15, 0.2) is 34.8 Å². The Morgan fingerprint density at radius 3 is 2.59 bits per heavy atom. The molecular formula is C12H10BrClN2O. The zero-order chi connectivity index (χ0) is 12.3. The Labute approximate surface area is 113 Å². The van der Waals surface area contributed by atoms with Crippen LogP contribution in [-0.2, 0) is 6.61 Å². The third kappa shape index (κ3) is 3.17. The van der Waals surface area contributed by atoms with E-state index in [9.17, 15) is 0 Å². The Hall–Kier alpha value is -1.13. The molecule has 1 aromatic carbocycles. The van der Waals surface area contributed by atoms with Crippen molar-refractivity contribution in [1.82, 2.24) is 9.97 Å². The summed E-state index contributed by atoms with van der Waals surface area (Å²) in [5.74, 6) is 1.35. The number of halogens is 2. The van der Waals surface area contributed by atoms with Gasteiger partial charge in [-0.15, -0.1) is 0 Å². The second-order valence-electron chi connectivity index (χ2n) is 3.43. The molecule has 2 aromatic rings. The summed E-state index contributed by atoms with van der Waals surface area (Å²) >= 11 is 9.26. The number of aromatic nitrogens is 2. The van der Waals surface area contributed by atoms with E-state index in [-0.39, 0.29) is 0 Å². The minimum atomic E-state index is 0.303. The average Bonchev–Trinajstić information content (AvgIpc) is 2.34. The smallest absolute Gasteiger partial charge is 0.167 e. The van der Waals surface area contributed by atoms with Crippen molar-refractivity contribution >= 4 is 27.5 Å². The van der Waals surface area contributed by atoms with E-state index >= 15 is 0 Å². The van der Waals surface area contributed by atoms with E-state index in [1.807, 2.05) is 37.3 Å². The summed E-state index contributed by atoms with van der Waals surface area (Å²) in [6.45, 7) is 2.17. The van der Waals surface area contributed by atoms with Crippen molar-refractivity contribution in [2.24, 2.45) is 0 Å². The highest BCUT2D eigenvalue weighted by Crippen LogP contribution is 2.22. The predicted octanol–water partition coefficient (Wildman–Crippen LogP) is 3.78. The van der Waals surface area contributed by atoms with Crippen molar-refractivity contribution in [2.75, 3.05) is 0 Å². The van der Waals surface area contributed by atoms with Gasteiger partial charge >= 0.3 is 0 Å². The van der Waals surface area contributed by atoms with Gasteiger partial charge in [0.05, 0.1) is 10.2 Å². The van der Waals surface area contributed by atoms with Gasteiger partial charge in [-0.25, -0.2) is 9.97 Å². The van der Waals surface area contributed by atoms with Gasteiger partial charge in [-0.3, -0.25) is 0 Å². The molecule has 0 atom stereocenters. The zero-order valence-corrected chi connectivity index (χ0v) is 11.5. The lowest BCUT2D eigenvalue weighted by atomic mass is 10.3. The van der Waals surface area contributed by atoms with Gasteiger partial charge in [0, 0.05) is 0 Å². The van der Waals surface area contributed by atoms with Crippen LogP contribution in [0, 0.1) is 6.92 Å². The van der Waals surface area contributed by atoms with E-state index in [0.717, 1.165) is 15.9 Å². The number of hydrogen-bond donors (Lipinski definition) is 0. The quantitative estimate of drug-likeness (QED) is 0.809. The molecule has 88 valence electrons. The topological polar surface area (TPSA) is 35.0 Å². The van der Waals surface area contributed by atoms with Crippen LogP contribution in [-0.4, -0.2) is 9.97 Å². The van der Waals surface area contributed by atoms with Crippen molar-refractivity contribution in [1.29, 1.82) is 0 Å². The van der Waals surface area contributed by atoms with Crippen LogP contribution >= 0.6 is 27.5 Å². The summed E-state index contributed by atoms with van der Waals surface area (Å²) in [5.41, 5.74) is 0.802. The number of para-hydroxylation sites is 1. The Morgan fingerprint density at radius 2 is 1.94 bits per heavy atom. The number of nitrogens with zero attached hydrogens (tertiary/aromatic N) is 2. The fraction of sp³-hybridized carbons (Fsp3) is 0.167. The lowest BCUT2D eigenvalue weighted by molar-refractivity contribution is 0.295. The van der Waals surface area contributed by atoms with Crippen LogP contribution in [0.3, 0.4) is 0 Å². The first kappa shape index (κ1) is 12.3. The first-order chi connectivity index (χ1) is 8.16. The van der Waals surface area contributed by atoms with Crippen LogP contribution < -0.4 is 4.74 Å². The molecule has 0 saturated carbocycles. The minimum absolute atomic E-state index is 0.303. The van der Waals surface area contributed by atoms with Crippen LogP contribution in [0.1, 0.15) is 11.5 Å². The van der Waals surface area contributed by atoms with Gasteiger partial charge in [-0.2, -0.15) is 0 Å². The van der Waals surface area contributed by atoms with Crippen LogP contribution in [0.2, 0.25) is 5.15 Å². The Balaban J connectivity index is 2.10. The summed E-state index contributed by atoms with van der Waals surface area (Å²) in [7, 11) is 0. The molecule has 5 heteroatoms. The van der Waals surface area contributed by atoms with Crippen molar-refractivity contribution < 1.29 is 4.74 Å². The molecule has 3 nitrogen and oxygen atoms in total. The van der Waals surface area contributed by atoms with Crippen LogP contribution in [0.4, 0.5) is 0 Å². The molecule has 0 amide bonds. The molecule has 0 spiro atoms. The summed E-state index contributed by atoms with van der Waals surface area (Å²) in [5, 5.41) is 0.407. The molecule has 0 N–H and O–H groups in total. The van der Waals surface area contributed by atoms with E-state index < -0.39 is 0 Å². The van der Waals surface area contributed by atoms with Gasteiger partial charge in [0.1, 0.15) is 17.5 Å². The number of hydrogen-bond acceptors (Lipinski definition) is 3. The molecule has 0 unspecified atom stereocenters. The highest BCUT2D eigenvalue weighted by molar-refractivity contribution is 9.10. The summed E-state index contributed by atoms with van der Waals surface area (Å²) in [4.78, 5) is 8.41. The normalized spacial score (nSPS) is 10.3. The second kappa shape index (κ2) is 5.47. The zero-order valence-electron chi connectivity index (χ0n) is 9.15. The Morgan fingerprint density at radius 1 is 1.24 bits per heavy atom. The number of benzene rings is 1. The van der Waals surface area contributed by atoms with Gasteiger partial charge in [-0.05, 0) is 35.0 Å². The molecule has 0 fully saturated rings. The van der Waals surface area contributed by atoms with Crippen LogP contribution in [0.25, 0.3) is 0 Å². The minimum Gasteiger partial charge on any atom is -0.486 e. The molecule has 1 aromatic heterocycles. The molecule has 0 radical (unpaired) electrons. The molecule has 2 rings (SSSR count). The molecule has 0 bridgehead atoms. The van der Waals surface area contributed by atoms with Gasteiger partial charge in [0.2, 0.25) is 0 Å². The number of aryl methyl sites for hydroxylation is 1. The van der Waals surface area contributed by atoms with E-state index in [0.29, 0.717) is 17.6 Å². The maximum atomic E-state index is 5.95. The highest BCUT2D eigenvalue weighted by atomic mass is 79.9. The van der Waals surface area contributed by atoms with Gasteiger partial charge in [0.15, 0.2) is 5.82 Å². The van der Waals surface area contributed by atoms with Gasteiger partial charge in [0.25, 0.3) is 0 Å². The Bertz CT molecular complexity index is 496. The molecule has 1 heterocycles. The van der Waals surface area contributed by atoms with Crippen molar-refractivity contribution in [3.63, 3.8) is 0 Å². The molecule has 0 aliphatic heterocycles. The summed E-state index contributed by atoms with van der Waals surface area (Å²) < 4.78 is 6.27. The van der Waals surface area contributed by atoms with Crippen molar-refractivity contribution in [3.05, 3.63) is 51.5 Å². The van der Waals surface area contributed by atoms with Crippen molar-refractivity contribution in [2.45, 2.75) is 13.5 Å². The molecule has 0 saturated heterocycles. The monoisotopic (exact) mass is 312 g/mol. The first-order valence-corrected chi connectivity index (χ1v) is 6.20. The number of rotatable bonds is 3. The molecular weight excluding hydrogens is 304 g/mol. The van der Waals surface area contributed by atoms with E-state index in [4.69, 9.17) is 16.3 Å². The standard InChI is InChI=1S/C12H10BrClN2O/c1-8-11(13)12(14)16-10(15-8)7-17-9-5-3-2-4-6-9/h2-6H,7H2,1H3. The molecule has 17 heavy (non-hydrogen) atoms. The lowest BCUT2D eigenvalue weighted by Gasteiger charge is -2.07. The largest absolute Gasteiger partial charge is 0.486 e. The fourth-order valence-corrected chi connectivity index (χ4v) is 1.72. The second-order valence-corrected chi connectivity index (χ2v) is 4.58. The fourth-order valence-electron chi connectivity index (χ4n) is 1.31. The van der Waals surface area contributed by atoms with Crippen LogP contribution in [0.5, 0.6) is 5.75 Å². The third-order valence-corrected chi connectivity index (χ3v) is 3.59. The average molecular weight is 314 g/mol. The van der Waals surface area contributed by atoms with E-state index in [2.05, 4.69) is 25.9 Å². The maximum Gasteiger partial charge on any atom is 0.167 e. The molecule has 0 aliphatic rings. The SMILES string of the molecule is Cc1nc(COc2ccccc2)nc(Cl)c1Br. The van der Waals surface area contributed by atoms with Gasteiger partial charge < -0.3 is 4.74 Å². The summed E-state index contributed by atoms with van der Waals surface area (Å²) in [6.07, 6.45) is 0.